The van der Waals surface area contributed by atoms with E-state index in [1.54, 1.807) is 0 Å². The Kier molecular flexibility index (Phi) is 7.91. The molecule has 0 saturated carbocycles. The third kappa shape index (κ3) is 5.92. The van der Waals surface area contributed by atoms with E-state index >= 15 is 0 Å². The van der Waals surface area contributed by atoms with Crippen molar-refractivity contribution in [3.05, 3.63) is 191 Å². The lowest BCUT2D eigenvalue weighted by atomic mass is 9.89. The number of halogens is 2. The Balaban J connectivity index is 1.37. The number of nitrogens with zero attached hydrogens (tertiary/aromatic N) is 1. The van der Waals surface area contributed by atoms with Gasteiger partial charge in [0.2, 0.25) is 0 Å². The molecule has 0 radical (unpaired) electrons. The summed E-state index contributed by atoms with van der Waals surface area (Å²) in [6.07, 6.45) is 0. The van der Waals surface area contributed by atoms with Crippen molar-refractivity contribution < 1.29 is 8.78 Å². The van der Waals surface area contributed by atoms with Crippen LogP contribution in [0.15, 0.2) is 146 Å². The molecule has 0 aliphatic heterocycles. The molecule has 1 heterocycles. The standard InChI is InChI=1S/C43H29F2N/c1-46-42-26-18-34(38(32-14-20-36(44)21-15-32)24-12-30-8-4-2-5-9-30)28-40(42)41-29-35(19-27-43(41)46)39(33-16-22-37(45)23-17-33)25-13-31-10-6-3-7-11-31/h2-11,14-23,26-29,38-39H,1H3. The number of hydrogen-bond acceptors (Lipinski definition) is 0. The Morgan fingerprint density at radius 3 is 1.22 bits per heavy atom. The van der Waals surface area contributed by atoms with Gasteiger partial charge in [0.15, 0.2) is 0 Å². The maximum absolute atomic E-state index is 13.9. The van der Waals surface area contributed by atoms with Crippen LogP contribution in [0.2, 0.25) is 0 Å². The van der Waals surface area contributed by atoms with Crippen LogP contribution in [-0.2, 0) is 7.05 Å². The second-order valence-electron chi connectivity index (χ2n) is 11.4. The van der Waals surface area contributed by atoms with Crippen molar-refractivity contribution in [3.63, 3.8) is 0 Å². The largest absolute Gasteiger partial charge is 0.344 e. The lowest BCUT2D eigenvalue weighted by Gasteiger charge is -2.13. The second kappa shape index (κ2) is 12.6. The van der Waals surface area contributed by atoms with Gasteiger partial charge in [-0.3, -0.25) is 0 Å². The zero-order valence-electron chi connectivity index (χ0n) is 25.2. The summed E-state index contributed by atoms with van der Waals surface area (Å²) < 4.78 is 30.0. The van der Waals surface area contributed by atoms with Gasteiger partial charge in [-0.25, -0.2) is 8.78 Å². The quantitative estimate of drug-likeness (QED) is 0.178. The van der Waals surface area contributed by atoms with Gasteiger partial charge in [-0.05, 0) is 95.1 Å². The maximum Gasteiger partial charge on any atom is 0.123 e. The number of hydrogen-bond donors (Lipinski definition) is 0. The lowest BCUT2D eigenvalue weighted by molar-refractivity contribution is 0.626. The van der Waals surface area contributed by atoms with Crippen LogP contribution in [0.3, 0.4) is 0 Å². The summed E-state index contributed by atoms with van der Waals surface area (Å²) in [6, 6.07) is 45.9. The molecule has 0 N–H and O–H groups in total. The average molecular weight is 598 g/mol. The molecule has 1 nitrogen and oxygen atoms in total. The molecule has 3 heteroatoms. The Labute approximate surface area is 267 Å². The predicted octanol–water partition coefficient (Wildman–Crippen LogP) is 9.98. The molecule has 46 heavy (non-hydrogen) atoms. The Hall–Kier alpha value is -5.90. The molecule has 0 aliphatic carbocycles. The van der Waals surface area contributed by atoms with E-state index in [-0.39, 0.29) is 23.5 Å². The Morgan fingerprint density at radius 1 is 0.457 bits per heavy atom. The topological polar surface area (TPSA) is 4.93 Å². The minimum atomic E-state index is -0.276. The van der Waals surface area contributed by atoms with Crippen LogP contribution in [0.5, 0.6) is 0 Å². The second-order valence-corrected chi connectivity index (χ2v) is 11.4. The van der Waals surface area contributed by atoms with Crippen LogP contribution >= 0.6 is 0 Å². The van der Waals surface area contributed by atoms with Crippen molar-refractivity contribution in [1.82, 2.24) is 4.57 Å². The third-order valence-electron chi connectivity index (χ3n) is 8.40. The molecule has 2 atom stereocenters. The SMILES string of the molecule is Cn1c2ccc(C(C#Cc3ccccc3)c3ccc(F)cc3)cc2c2cc(C(C#Cc3ccccc3)c3ccc(F)cc3)ccc21. The summed E-state index contributed by atoms with van der Waals surface area (Å²) in [7, 11) is 2.07. The molecule has 0 saturated heterocycles. The first-order chi connectivity index (χ1) is 22.5. The minimum absolute atomic E-state index is 0.257. The van der Waals surface area contributed by atoms with Gasteiger partial charge < -0.3 is 4.57 Å². The van der Waals surface area contributed by atoms with E-state index < -0.39 is 0 Å². The average Bonchev–Trinajstić information content (AvgIpc) is 3.37. The van der Waals surface area contributed by atoms with Gasteiger partial charge in [-0.15, -0.1) is 0 Å². The molecule has 0 bridgehead atoms. The first-order valence-corrected chi connectivity index (χ1v) is 15.2. The molecule has 6 aromatic carbocycles. The van der Waals surface area contributed by atoms with E-state index in [2.05, 4.69) is 71.7 Å². The fourth-order valence-electron chi connectivity index (χ4n) is 6.00. The van der Waals surface area contributed by atoms with Gasteiger partial charge in [0.05, 0.1) is 11.8 Å². The fraction of sp³-hybridized carbons (Fsp3) is 0.0698. The fourth-order valence-corrected chi connectivity index (χ4v) is 6.00. The molecular formula is C43H29F2N. The molecule has 7 rings (SSSR count). The summed E-state index contributed by atoms with van der Waals surface area (Å²) in [5, 5.41) is 2.19. The van der Waals surface area contributed by atoms with Gasteiger partial charge in [0.1, 0.15) is 11.6 Å². The van der Waals surface area contributed by atoms with Crippen LogP contribution < -0.4 is 0 Å². The summed E-state index contributed by atoms with van der Waals surface area (Å²) in [5.74, 6) is 12.5. The van der Waals surface area contributed by atoms with E-state index in [1.807, 2.05) is 84.9 Å². The minimum Gasteiger partial charge on any atom is -0.344 e. The zero-order valence-corrected chi connectivity index (χ0v) is 25.2. The maximum atomic E-state index is 13.9. The highest BCUT2D eigenvalue weighted by Crippen LogP contribution is 2.36. The van der Waals surface area contributed by atoms with E-state index in [0.717, 1.165) is 55.2 Å². The van der Waals surface area contributed by atoms with Gasteiger partial charge in [0, 0.05) is 40.0 Å². The van der Waals surface area contributed by atoms with Crippen LogP contribution in [-0.4, -0.2) is 4.57 Å². The predicted molar refractivity (Wildman–Crippen MR) is 184 cm³/mol. The molecule has 1 aromatic heterocycles. The zero-order chi connectivity index (χ0) is 31.5. The third-order valence-corrected chi connectivity index (χ3v) is 8.40. The van der Waals surface area contributed by atoms with Crippen molar-refractivity contribution in [3.8, 4) is 23.7 Å². The van der Waals surface area contributed by atoms with Gasteiger partial charge in [-0.1, -0.05) is 96.5 Å². The Morgan fingerprint density at radius 2 is 0.826 bits per heavy atom. The van der Waals surface area contributed by atoms with Crippen LogP contribution in [0, 0.1) is 35.3 Å². The number of aryl methyl sites for hydroxylation is 1. The van der Waals surface area contributed by atoms with E-state index in [0.29, 0.717) is 0 Å². The molecule has 0 aliphatic rings. The van der Waals surface area contributed by atoms with Crippen molar-refractivity contribution in [1.29, 1.82) is 0 Å². The smallest absolute Gasteiger partial charge is 0.123 e. The van der Waals surface area contributed by atoms with Crippen molar-refractivity contribution >= 4 is 21.8 Å². The molecule has 0 spiro atoms. The van der Waals surface area contributed by atoms with Gasteiger partial charge in [-0.2, -0.15) is 0 Å². The molecule has 7 aromatic rings. The Bertz CT molecular complexity index is 2110. The van der Waals surface area contributed by atoms with Crippen LogP contribution in [0.25, 0.3) is 21.8 Å². The van der Waals surface area contributed by atoms with Gasteiger partial charge >= 0.3 is 0 Å². The van der Waals surface area contributed by atoms with Crippen LogP contribution in [0.4, 0.5) is 8.78 Å². The summed E-state index contributed by atoms with van der Waals surface area (Å²) >= 11 is 0. The number of benzene rings is 6. The molecule has 0 amide bonds. The highest BCUT2D eigenvalue weighted by molar-refractivity contribution is 6.08. The summed E-state index contributed by atoms with van der Waals surface area (Å²) in [4.78, 5) is 0. The van der Waals surface area contributed by atoms with E-state index in [9.17, 15) is 8.78 Å². The monoisotopic (exact) mass is 597 g/mol. The highest BCUT2D eigenvalue weighted by Gasteiger charge is 2.18. The van der Waals surface area contributed by atoms with Crippen molar-refractivity contribution in [2.24, 2.45) is 7.05 Å². The lowest BCUT2D eigenvalue weighted by Crippen LogP contribution is -1.99. The molecule has 0 fully saturated rings. The first-order valence-electron chi connectivity index (χ1n) is 15.2. The van der Waals surface area contributed by atoms with Crippen molar-refractivity contribution in [2.45, 2.75) is 11.8 Å². The van der Waals surface area contributed by atoms with E-state index in [4.69, 9.17) is 0 Å². The van der Waals surface area contributed by atoms with Gasteiger partial charge in [0.25, 0.3) is 0 Å². The summed E-state index contributed by atoms with van der Waals surface area (Å²) in [5.41, 5.74) is 7.95. The van der Waals surface area contributed by atoms with Crippen LogP contribution in [0.1, 0.15) is 45.2 Å². The highest BCUT2D eigenvalue weighted by atomic mass is 19.1. The van der Waals surface area contributed by atoms with E-state index in [1.165, 1.54) is 24.3 Å². The molecule has 2 unspecified atom stereocenters. The molecular weight excluding hydrogens is 568 g/mol. The summed E-state index contributed by atoms with van der Waals surface area (Å²) in [6.45, 7) is 0. The normalized spacial score (nSPS) is 12.2. The molecule has 220 valence electrons. The first kappa shape index (κ1) is 28.8. The number of rotatable bonds is 4. The number of fused-ring (bicyclic) bond motifs is 3. The van der Waals surface area contributed by atoms with Crippen molar-refractivity contribution in [2.75, 3.05) is 0 Å². The number of aromatic nitrogens is 1.